The Labute approximate surface area is 212 Å². The number of rotatable bonds is 8. The molecule has 1 unspecified atom stereocenters. The molecular formula is C28H36FN4O3+. The molecule has 1 fully saturated rings. The van der Waals surface area contributed by atoms with Crippen LogP contribution in [0.1, 0.15) is 82.1 Å². The minimum Gasteiger partial charge on any atom is -0.512 e. The summed E-state index contributed by atoms with van der Waals surface area (Å²) in [6, 6.07) is 7.14. The second-order valence-electron chi connectivity index (χ2n) is 10.7. The number of benzene rings is 1. The van der Waals surface area contributed by atoms with E-state index in [0.717, 1.165) is 43.6 Å². The van der Waals surface area contributed by atoms with E-state index < -0.39 is 22.8 Å². The van der Waals surface area contributed by atoms with E-state index in [2.05, 4.69) is 16.2 Å². The third kappa shape index (κ3) is 5.02. The van der Waals surface area contributed by atoms with Crippen LogP contribution in [0, 0.1) is 30.0 Å². The molecule has 1 aromatic heterocycles. The van der Waals surface area contributed by atoms with Gasteiger partial charge in [0.05, 0.1) is 23.5 Å². The Bertz CT molecular complexity index is 1220. The molecule has 1 saturated carbocycles. The van der Waals surface area contributed by atoms with E-state index in [1.54, 1.807) is 19.9 Å². The third-order valence-corrected chi connectivity index (χ3v) is 7.89. The molecule has 192 valence electrons. The lowest BCUT2D eigenvalue weighted by Crippen LogP contribution is -2.46. The maximum Gasteiger partial charge on any atom is 0.338 e. The predicted molar refractivity (Wildman–Crippen MR) is 131 cm³/mol. The highest BCUT2D eigenvalue weighted by atomic mass is 19.1. The van der Waals surface area contributed by atoms with E-state index in [1.807, 2.05) is 24.6 Å². The summed E-state index contributed by atoms with van der Waals surface area (Å²) in [4.78, 5) is 17.7. The fourth-order valence-electron chi connectivity index (χ4n) is 5.70. The van der Waals surface area contributed by atoms with Crippen LogP contribution < -0.4 is 4.68 Å². The van der Waals surface area contributed by atoms with Gasteiger partial charge in [0, 0.05) is 18.9 Å². The monoisotopic (exact) mass is 495 g/mol. The molecule has 8 heteroatoms. The first-order valence-corrected chi connectivity index (χ1v) is 12.9. The standard InChI is InChI=1S/C28H35FN4O3/c1-5-33-18(2)31-25(32-33)15-21-24(34)16-28(36-26(21)35,20-8-6-7-9-20)13-12-19-10-11-22(23(29)14-19)27(3,4)17-30/h10-11,14,20H,5-9,12-13,15-16H2,1-4H3,(H,34,35)/p+1. The molecule has 1 aliphatic carbocycles. The first-order chi connectivity index (χ1) is 17.1. The van der Waals surface area contributed by atoms with Gasteiger partial charge in [0.25, 0.3) is 5.82 Å². The Hall–Kier alpha value is -3.21. The number of hydrogen-bond acceptors (Lipinski definition) is 5. The van der Waals surface area contributed by atoms with Crippen LogP contribution in [0.15, 0.2) is 29.5 Å². The molecule has 36 heavy (non-hydrogen) atoms. The number of cyclic esters (lactones) is 1. The van der Waals surface area contributed by atoms with Crippen molar-refractivity contribution in [3.8, 4) is 6.07 Å². The smallest absolute Gasteiger partial charge is 0.338 e. The van der Waals surface area contributed by atoms with Gasteiger partial charge in [-0.15, -0.1) is 0 Å². The lowest BCUT2D eigenvalue weighted by molar-refractivity contribution is -0.753. The van der Waals surface area contributed by atoms with Crippen LogP contribution in [0.25, 0.3) is 0 Å². The molecule has 0 spiro atoms. The molecule has 0 saturated heterocycles. The van der Waals surface area contributed by atoms with Crippen molar-refractivity contribution in [2.45, 2.75) is 96.6 Å². The topological polar surface area (TPSA) is 103 Å². The molecule has 7 nitrogen and oxygen atoms in total. The lowest BCUT2D eigenvalue weighted by atomic mass is 9.76. The number of nitriles is 1. The number of carbonyl (C=O) groups excluding carboxylic acids is 1. The number of aromatic amines is 1. The van der Waals surface area contributed by atoms with Crippen LogP contribution >= 0.6 is 0 Å². The first-order valence-electron chi connectivity index (χ1n) is 12.9. The number of hydrogen-bond donors (Lipinski definition) is 2. The van der Waals surface area contributed by atoms with Gasteiger partial charge >= 0.3 is 11.8 Å². The highest BCUT2D eigenvalue weighted by molar-refractivity contribution is 5.90. The maximum atomic E-state index is 14.8. The molecule has 1 atom stereocenters. The van der Waals surface area contributed by atoms with Crippen molar-refractivity contribution >= 4 is 5.97 Å². The number of halogens is 1. The molecule has 2 aliphatic rings. The van der Waals surface area contributed by atoms with Crippen molar-refractivity contribution in [3.63, 3.8) is 0 Å². The third-order valence-electron chi connectivity index (χ3n) is 7.89. The van der Waals surface area contributed by atoms with Crippen LogP contribution in [0.3, 0.4) is 0 Å². The summed E-state index contributed by atoms with van der Waals surface area (Å²) >= 11 is 0. The molecule has 2 heterocycles. The number of esters is 1. The van der Waals surface area contributed by atoms with E-state index in [0.29, 0.717) is 24.2 Å². The van der Waals surface area contributed by atoms with Gasteiger partial charge in [0.1, 0.15) is 23.7 Å². The number of carbonyl (C=O) groups is 1. The second kappa shape index (κ2) is 10.0. The molecule has 2 N–H and O–H groups in total. The fourth-order valence-corrected chi connectivity index (χ4v) is 5.70. The molecule has 1 aromatic carbocycles. The Kier molecular flexibility index (Phi) is 7.21. The quantitative estimate of drug-likeness (QED) is 0.403. The SMILES string of the molecule is CC[n+]1[nH]c(CC2=C(O)CC(CCc3ccc(C(C)(C)C#N)c(F)c3)(C3CCCC3)OC2=O)nc1C. The average Bonchev–Trinajstić information content (AvgIpc) is 3.50. The summed E-state index contributed by atoms with van der Waals surface area (Å²) < 4.78 is 22.9. The van der Waals surface area contributed by atoms with Gasteiger partial charge < -0.3 is 9.84 Å². The summed E-state index contributed by atoms with van der Waals surface area (Å²) in [5.74, 6) is 0.732. The average molecular weight is 496 g/mol. The van der Waals surface area contributed by atoms with Crippen molar-refractivity contribution in [2.24, 2.45) is 5.92 Å². The van der Waals surface area contributed by atoms with Crippen molar-refractivity contribution in [3.05, 3.63) is 58.1 Å². The number of aromatic nitrogens is 3. The summed E-state index contributed by atoms with van der Waals surface area (Å²) in [5, 5.41) is 23.6. The van der Waals surface area contributed by atoms with E-state index in [4.69, 9.17) is 4.74 Å². The highest BCUT2D eigenvalue weighted by Gasteiger charge is 2.48. The number of nitrogens with zero attached hydrogens (tertiary/aromatic N) is 3. The molecule has 4 rings (SSSR count). The Morgan fingerprint density at radius 2 is 2.08 bits per heavy atom. The molecule has 1 aliphatic heterocycles. The zero-order valence-electron chi connectivity index (χ0n) is 21.7. The molecular weight excluding hydrogens is 459 g/mol. The lowest BCUT2D eigenvalue weighted by Gasteiger charge is -2.41. The minimum absolute atomic E-state index is 0.0625. The number of aliphatic hydroxyl groups is 1. The summed E-state index contributed by atoms with van der Waals surface area (Å²) in [6.07, 6.45) is 5.45. The van der Waals surface area contributed by atoms with E-state index >= 15 is 0 Å². The minimum atomic E-state index is -0.914. The summed E-state index contributed by atoms with van der Waals surface area (Å²) in [7, 11) is 0. The van der Waals surface area contributed by atoms with Crippen LogP contribution in [-0.4, -0.2) is 26.8 Å². The normalized spacial score (nSPS) is 21.1. The zero-order chi connectivity index (χ0) is 26.1. The number of nitrogens with one attached hydrogen (secondary N) is 1. The van der Waals surface area contributed by atoms with Crippen LogP contribution in [0.4, 0.5) is 4.39 Å². The Morgan fingerprint density at radius 3 is 2.67 bits per heavy atom. The largest absolute Gasteiger partial charge is 0.512 e. The van der Waals surface area contributed by atoms with Gasteiger partial charge in [-0.3, -0.25) is 0 Å². The molecule has 0 radical (unpaired) electrons. The summed E-state index contributed by atoms with van der Waals surface area (Å²) in [5.41, 5.74) is -0.337. The van der Waals surface area contributed by atoms with Gasteiger partial charge in [0.15, 0.2) is 0 Å². The first kappa shape index (κ1) is 25.9. The van der Waals surface area contributed by atoms with Crippen molar-refractivity contribution in [1.29, 1.82) is 5.26 Å². The predicted octanol–water partition coefficient (Wildman–Crippen LogP) is 4.83. The molecule has 0 amide bonds. The second-order valence-corrected chi connectivity index (χ2v) is 10.7. The van der Waals surface area contributed by atoms with Gasteiger partial charge in [-0.1, -0.05) is 25.0 Å². The number of ether oxygens (including phenoxy) is 1. The Balaban J connectivity index is 1.57. The number of H-pyrrole nitrogens is 1. The molecule has 0 bridgehead atoms. The van der Waals surface area contributed by atoms with Crippen molar-refractivity contribution in [2.75, 3.05) is 0 Å². The van der Waals surface area contributed by atoms with Gasteiger partial charge in [-0.05, 0) is 69.0 Å². The highest BCUT2D eigenvalue weighted by Crippen LogP contribution is 2.46. The van der Waals surface area contributed by atoms with Crippen LogP contribution in [0.2, 0.25) is 0 Å². The van der Waals surface area contributed by atoms with Gasteiger partial charge in [-0.2, -0.15) is 15.0 Å². The number of aryl methyl sites for hydroxylation is 3. The fraction of sp³-hybridized carbons (Fsp3) is 0.571. The van der Waals surface area contributed by atoms with Crippen molar-refractivity contribution in [1.82, 2.24) is 10.1 Å². The van der Waals surface area contributed by atoms with E-state index in [1.165, 1.54) is 6.07 Å². The van der Waals surface area contributed by atoms with Crippen LogP contribution in [0.5, 0.6) is 0 Å². The van der Waals surface area contributed by atoms with Crippen LogP contribution in [-0.2, 0) is 34.3 Å². The maximum absolute atomic E-state index is 14.8. The van der Waals surface area contributed by atoms with Crippen molar-refractivity contribution < 1.29 is 23.7 Å². The van der Waals surface area contributed by atoms with Gasteiger partial charge in [-0.25, -0.2) is 9.18 Å². The number of aliphatic hydroxyl groups excluding tert-OH is 1. The van der Waals surface area contributed by atoms with E-state index in [9.17, 15) is 19.6 Å². The summed E-state index contributed by atoms with van der Waals surface area (Å²) in [6.45, 7) is 8.01. The molecule has 2 aromatic rings. The zero-order valence-corrected chi connectivity index (χ0v) is 21.7. The van der Waals surface area contributed by atoms with E-state index in [-0.39, 0.29) is 30.1 Å². The Morgan fingerprint density at radius 1 is 1.36 bits per heavy atom. The van der Waals surface area contributed by atoms with Gasteiger partial charge in [0.2, 0.25) is 0 Å².